The van der Waals surface area contributed by atoms with E-state index in [-0.39, 0.29) is 5.76 Å². The zero-order valence-corrected chi connectivity index (χ0v) is 14.7. The van der Waals surface area contributed by atoms with Gasteiger partial charge in [-0.2, -0.15) is 5.26 Å². The van der Waals surface area contributed by atoms with Gasteiger partial charge in [0.2, 0.25) is 0 Å². The van der Waals surface area contributed by atoms with Crippen molar-refractivity contribution in [1.82, 2.24) is 5.32 Å². The Hall–Kier alpha value is -2.36. The van der Waals surface area contributed by atoms with Crippen LogP contribution in [0.2, 0.25) is 0 Å². The van der Waals surface area contributed by atoms with E-state index in [1.54, 1.807) is 11.3 Å². The lowest BCUT2D eigenvalue weighted by Crippen LogP contribution is -2.22. The van der Waals surface area contributed by atoms with Gasteiger partial charge < -0.3 is 20.5 Å². The Labute approximate surface area is 147 Å². The molecule has 0 amide bonds. The molecule has 1 aliphatic rings. The largest absolute Gasteiger partial charge is 0.508 e. The van der Waals surface area contributed by atoms with Gasteiger partial charge in [0.25, 0.3) is 0 Å². The molecular formula is C18H23N3O2S. The van der Waals surface area contributed by atoms with Crippen LogP contribution in [0.5, 0.6) is 0 Å². The molecule has 1 aromatic rings. The first kappa shape index (κ1) is 19.7. The highest BCUT2D eigenvalue weighted by atomic mass is 32.1. The molecule has 5 nitrogen and oxygen atoms in total. The molecular weight excluding hydrogens is 322 g/mol. The molecule has 0 aromatic carbocycles. The van der Waals surface area contributed by atoms with Crippen LogP contribution in [0.15, 0.2) is 36.6 Å². The van der Waals surface area contributed by atoms with Gasteiger partial charge in [0, 0.05) is 24.9 Å². The Bertz CT molecular complexity index is 669. The molecule has 1 aliphatic heterocycles. The van der Waals surface area contributed by atoms with E-state index < -0.39 is 0 Å². The Morgan fingerprint density at radius 1 is 1.58 bits per heavy atom. The predicted molar refractivity (Wildman–Crippen MR) is 99.3 cm³/mol. The number of hydrogen-bond acceptors (Lipinski definition) is 6. The van der Waals surface area contributed by atoms with Crippen LogP contribution in [-0.4, -0.2) is 25.0 Å². The number of carbonyl (C=O) groups excluding carboxylic acids is 1. The van der Waals surface area contributed by atoms with E-state index in [9.17, 15) is 4.79 Å². The first-order chi connectivity index (χ1) is 11.6. The number of aliphatic hydroxyl groups excluding tert-OH is 1. The quantitative estimate of drug-likeness (QED) is 0.418. The molecule has 24 heavy (non-hydrogen) atoms. The number of thiophene rings is 1. The number of fused-ring (bicyclic) bond motifs is 1. The summed E-state index contributed by atoms with van der Waals surface area (Å²) in [7, 11) is 1.87. The fraction of sp³-hybridized carbons (Fsp3) is 0.333. The zero-order valence-electron chi connectivity index (χ0n) is 13.9. The first-order valence-electron chi connectivity index (χ1n) is 7.65. The lowest BCUT2D eigenvalue weighted by molar-refractivity contribution is -0.107. The van der Waals surface area contributed by atoms with Gasteiger partial charge in [-0.25, -0.2) is 0 Å². The fourth-order valence-electron chi connectivity index (χ4n) is 2.22. The minimum atomic E-state index is 0.0989. The minimum Gasteiger partial charge on any atom is -0.508 e. The molecule has 0 atom stereocenters. The van der Waals surface area contributed by atoms with E-state index in [0.29, 0.717) is 18.4 Å². The number of nitrogens with zero attached hydrogens (tertiary/aromatic N) is 1. The number of rotatable bonds is 6. The van der Waals surface area contributed by atoms with Gasteiger partial charge >= 0.3 is 0 Å². The number of allylic oxidation sites excluding steroid dienone is 3. The summed E-state index contributed by atoms with van der Waals surface area (Å²) in [5.41, 5.74) is 2.66. The third-order valence-electron chi connectivity index (χ3n) is 3.47. The Morgan fingerprint density at radius 2 is 2.33 bits per heavy atom. The van der Waals surface area contributed by atoms with Crippen molar-refractivity contribution in [2.75, 3.05) is 18.9 Å². The monoisotopic (exact) mass is 345 g/mol. The highest BCUT2D eigenvalue weighted by molar-refractivity contribution is 7.16. The van der Waals surface area contributed by atoms with E-state index in [4.69, 9.17) is 10.4 Å². The molecule has 2 rings (SSSR count). The smallest absolute Gasteiger partial charge is 0.120 e. The third kappa shape index (κ3) is 5.37. The van der Waals surface area contributed by atoms with Crippen LogP contribution in [0.25, 0.3) is 0 Å². The molecule has 0 fully saturated rings. The highest BCUT2D eigenvalue weighted by Gasteiger charge is 2.19. The molecule has 0 spiro atoms. The van der Waals surface area contributed by atoms with Crippen molar-refractivity contribution in [3.8, 4) is 6.07 Å². The number of nitrogens with one attached hydrogen (secondary N) is 2. The number of aliphatic hydroxyl groups is 1. The summed E-state index contributed by atoms with van der Waals surface area (Å²) < 4.78 is 0. The van der Waals surface area contributed by atoms with Gasteiger partial charge in [-0.05, 0) is 36.6 Å². The predicted octanol–water partition coefficient (Wildman–Crippen LogP) is 3.46. The van der Waals surface area contributed by atoms with Gasteiger partial charge in [-0.15, -0.1) is 11.3 Å². The van der Waals surface area contributed by atoms with Gasteiger partial charge in [-0.1, -0.05) is 19.2 Å². The highest BCUT2D eigenvalue weighted by Crippen LogP contribution is 2.34. The second kappa shape index (κ2) is 10.4. The molecule has 1 aromatic heterocycles. The maximum Gasteiger partial charge on any atom is 0.120 e. The average Bonchev–Trinajstić information content (AvgIpc) is 2.98. The molecule has 0 saturated carbocycles. The van der Waals surface area contributed by atoms with Gasteiger partial charge in [-0.3, -0.25) is 0 Å². The molecule has 0 aliphatic carbocycles. The normalized spacial score (nSPS) is 12.9. The van der Waals surface area contributed by atoms with Gasteiger partial charge in [0.15, 0.2) is 0 Å². The summed E-state index contributed by atoms with van der Waals surface area (Å²) in [4.78, 5) is 11.2. The molecule has 6 heteroatoms. The van der Waals surface area contributed by atoms with E-state index in [1.807, 2.05) is 7.05 Å². The van der Waals surface area contributed by atoms with Crippen molar-refractivity contribution in [1.29, 1.82) is 5.26 Å². The summed E-state index contributed by atoms with van der Waals surface area (Å²) in [6, 6.07) is 2.27. The van der Waals surface area contributed by atoms with Gasteiger partial charge in [0.1, 0.15) is 23.1 Å². The van der Waals surface area contributed by atoms with Crippen LogP contribution < -0.4 is 10.6 Å². The number of hydrogen-bond donors (Lipinski definition) is 3. The molecule has 0 saturated heterocycles. The minimum absolute atomic E-state index is 0.0989. The topological polar surface area (TPSA) is 85.2 Å². The molecule has 128 valence electrons. The SMILES string of the molecule is C=C/C=C(/O)C(=C)CCC=O.CNc1sc2c(c1C#N)CCNC2. The Balaban J connectivity index is 0.000000245. The summed E-state index contributed by atoms with van der Waals surface area (Å²) in [6.45, 7) is 8.90. The standard InChI is InChI=1S/C9H11N3S.C9H12O2/c1-11-9-7(4-10)6-2-3-12-5-8(6)13-9;1-3-5-9(11)8(2)6-4-7-10/h11-12H,2-3,5H2,1H3;3,5,7,11H,1-2,4,6H2/b;9-5+. The second-order valence-electron chi connectivity index (χ2n) is 5.09. The summed E-state index contributed by atoms with van der Waals surface area (Å²) >= 11 is 1.69. The van der Waals surface area contributed by atoms with E-state index in [0.717, 1.165) is 36.4 Å². The Kier molecular flexibility index (Phi) is 8.55. The molecule has 2 heterocycles. The van der Waals surface area contributed by atoms with Crippen molar-refractivity contribution in [3.63, 3.8) is 0 Å². The summed E-state index contributed by atoms with van der Waals surface area (Å²) in [6.07, 6.45) is 5.60. The fourth-order valence-corrected chi connectivity index (χ4v) is 3.34. The summed E-state index contributed by atoms with van der Waals surface area (Å²) in [5, 5.41) is 25.5. The number of anilines is 1. The van der Waals surface area contributed by atoms with Gasteiger partial charge in [0.05, 0.1) is 5.56 Å². The van der Waals surface area contributed by atoms with Crippen LogP contribution in [0.4, 0.5) is 5.00 Å². The lowest BCUT2D eigenvalue weighted by Gasteiger charge is -2.11. The molecule has 0 bridgehead atoms. The van der Waals surface area contributed by atoms with E-state index >= 15 is 0 Å². The van der Waals surface area contributed by atoms with E-state index in [1.165, 1.54) is 22.6 Å². The van der Waals surface area contributed by atoms with Crippen LogP contribution in [0.3, 0.4) is 0 Å². The number of aldehydes is 1. The number of carbonyl (C=O) groups is 1. The van der Waals surface area contributed by atoms with Crippen molar-refractivity contribution in [2.24, 2.45) is 0 Å². The first-order valence-corrected chi connectivity index (χ1v) is 8.47. The number of nitriles is 1. The van der Waals surface area contributed by atoms with Crippen molar-refractivity contribution >= 4 is 22.6 Å². The summed E-state index contributed by atoms with van der Waals surface area (Å²) in [5.74, 6) is 0.0989. The second-order valence-corrected chi connectivity index (χ2v) is 6.20. The van der Waals surface area contributed by atoms with Crippen LogP contribution in [0.1, 0.15) is 28.8 Å². The molecule has 0 radical (unpaired) electrons. The average molecular weight is 345 g/mol. The maximum atomic E-state index is 9.93. The van der Waals surface area contributed by atoms with Crippen LogP contribution in [-0.2, 0) is 17.8 Å². The zero-order chi connectivity index (χ0) is 17.9. The Morgan fingerprint density at radius 3 is 2.92 bits per heavy atom. The van der Waals surface area contributed by atoms with Crippen LogP contribution >= 0.6 is 11.3 Å². The van der Waals surface area contributed by atoms with E-state index in [2.05, 4.69) is 29.9 Å². The van der Waals surface area contributed by atoms with Crippen molar-refractivity contribution < 1.29 is 9.90 Å². The molecule has 3 N–H and O–H groups in total. The maximum absolute atomic E-state index is 9.93. The molecule has 0 unspecified atom stereocenters. The lowest BCUT2D eigenvalue weighted by atomic mass is 10.1. The van der Waals surface area contributed by atoms with Crippen molar-refractivity contribution in [3.05, 3.63) is 52.6 Å². The third-order valence-corrected chi connectivity index (χ3v) is 4.72. The van der Waals surface area contributed by atoms with Crippen molar-refractivity contribution in [2.45, 2.75) is 25.8 Å². The van der Waals surface area contributed by atoms with Crippen LogP contribution in [0, 0.1) is 11.3 Å².